The smallest absolute Gasteiger partial charge is 0.422 e. The Bertz CT molecular complexity index is 1250. The van der Waals surface area contributed by atoms with Crippen molar-refractivity contribution in [2.45, 2.75) is 13.1 Å². The van der Waals surface area contributed by atoms with E-state index in [1.54, 1.807) is 43.3 Å². The van der Waals surface area contributed by atoms with Gasteiger partial charge in [-0.2, -0.15) is 18.4 Å². The fraction of sp³-hybridized carbons (Fsp3) is 0.136. The fourth-order valence-corrected chi connectivity index (χ4v) is 3.95. The minimum absolute atomic E-state index is 0.160. The van der Waals surface area contributed by atoms with Gasteiger partial charge in [-0.1, -0.05) is 23.7 Å². The summed E-state index contributed by atoms with van der Waals surface area (Å²) in [6, 6.07) is 13.6. The van der Waals surface area contributed by atoms with E-state index >= 15 is 0 Å². The molecule has 0 radical (unpaired) electrons. The minimum atomic E-state index is -4.55. The standard InChI is InChI=1S/C22H15ClF3N3O3S/c1-12-8-18(29-20(30)15-4-2-3-5-16(15)23)33-19(12)21(31)28-14-6-7-17(13(9-14)10-27)32-11-22(24,25)26/h2-9H,11H2,1H3,(H,28,31)(H,29,30). The van der Waals surface area contributed by atoms with Crippen LogP contribution in [0.2, 0.25) is 5.02 Å². The maximum absolute atomic E-state index is 12.7. The lowest BCUT2D eigenvalue weighted by atomic mass is 10.2. The van der Waals surface area contributed by atoms with Crippen molar-refractivity contribution < 1.29 is 27.5 Å². The molecule has 6 nitrogen and oxygen atoms in total. The number of hydrogen-bond donors (Lipinski definition) is 2. The van der Waals surface area contributed by atoms with Crippen LogP contribution in [0.1, 0.15) is 31.2 Å². The SMILES string of the molecule is Cc1cc(NC(=O)c2ccccc2Cl)sc1C(=O)Nc1ccc(OCC(F)(F)F)c(C#N)c1. The number of nitrogens with zero attached hydrogens (tertiary/aromatic N) is 1. The summed E-state index contributed by atoms with van der Waals surface area (Å²) in [4.78, 5) is 25.4. The van der Waals surface area contributed by atoms with Crippen molar-refractivity contribution in [1.29, 1.82) is 5.26 Å². The molecule has 3 aromatic rings. The zero-order chi connectivity index (χ0) is 24.2. The molecule has 0 saturated heterocycles. The Balaban J connectivity index is 1.72. The molecule has 0 unspecified atom stereocenters. The molecule has 0 aliphatic carbocycles. The molecule has 170 valence electrons. The predicted octanol–water partition coefficient (Wildman–Crippen LogP) is 6.03. The van der Waals surface area contributed by atoms with Crippen molar-refractivity contribution >= 4 is 45.4 Å². The van der Waals surface area contributed by atoms with E-state index in [1.807, 2.05) is 0 Å². The molecule has 0 fully saturated rings. The van der Waals surface area contributed by atoms with E-state index in [0.29, 0.717) is 15.4 Å². The number of amides is 2. The van der Waals surface area contributed by atoms with Gasteiger partial charge in [0.2, 0.25) is 0 Å². The first-order chi connectivity index (χ1) is 15.6. The lowest BCUT2D eigenvalue weighted by molar-refractivity contribution is -0.153. The molecule has 0 bridgehead atoms. The third-order valence-corrected chi connectivity index (χ3v) is 5.71. The number of benzene rings is 2. The Hall–Kier alpha value is -3.55. The third-order valence-electron chi connectivity index (χ3n) is 4.23. The molecule has 2 amide bonds. The molecule has 0 atom stereocenters. The van der Waals surface area contributed by atoms with Crippen molar-refractivity contribution in [3.63, 3.8) is 0 Å². The lowest BCUT2D eigenvalue weighted by Gasteiger charge is -2.11. The number of carbonyl (C=O) groups is 2. The summed E-state index contributed by atoms with van der Waals surface area (Å²) in [5, 5.41) is 15.2. The summed E-state index contributed by atoms with van der Waals surface area (Å²) in [5.41, 5.74) is 0.920. The van der Waals surface area contributed by atoms with Crippen LogP contribution in [0.3, 0.4) is 0 Å². The highest BCUT2D eigenvalue weighted by Crippen LogP contribution is 2.30. The number of halogens is 4. The van der Waals surface area contributed by atoms with Crippen LogP contribution in [-0.2, 0) is 0 Å². The molecule has 0 aliphatic heterocycles. The average Bonchev–Trinajstić information content (AvgIpc) is 3.12. The number of ether oxygens (including phenoxy) is 1. The Labute approximate surface area is 195 Å². The quantitative estimate of drug-likeness (QED) is 0.439. The van der Waals surface area contributed by atoms with Gasteiger partial charge in [-0.25, -0.2) is 0 Å². The number of nitriles is 1. The van der Waals surface area contributed by atoms with Gasteiger partial charge >= 0.3 is 6.18 Å². The number of anilines is 2. The van der Waals surface area contributed by atoms with E-state index < -0.39 is 24.6 Å². The average molecular weight is 494 g/mol. The number of alkyl halides is 3. The Morgan fingerprint density at radius 3 is 2.52 bits per heavy atom. The number of carbonyl (C=O) groups excluding carboxylic acids is 2. The van der Waals surface area contributed by atoms with E-state index in [9.17, 15) is 28.0 Å². The molecular weight excluding hydrogens is 479 g/mol. The van der Waals surface area contributed by atoms with Gasteiger partial charge in [-0.15, -0.1) is 11.3 Å². The second-order valence-corrected chi connectivity index (χ2v) is 8.20. The number of aryl methyl sites for hydroxylation is 1. The van der Waals surface area contributed by atoms with Crippen LogP contribution in [0, 0.1) is 18.3 Å². The Kier molecular flexibility index (Phi) is 7.26. The third kappa shape index (κ3) is 6.25. The minimum Gasteiger partial charge on any atom is -0.483 e. The molecule has 1 aromatic heterocycles. The molecule has 3 rings (SSSR count). The topological polar surface area (TPSA) is 91.2 Å². The normalized spacial score (nSPS) is 10.9. The van der Waals surface area contributed by atoms with Crippen LogP contribution in [0.15, 0.2) is 48.5 Å². The van der Waals surface area contributed by atoms with Crippen LogP contribution < -0.4 is 15.4 Å². The van der Waals surface area contributed by atoms with Crippen molar-refractivity contribution in [2.75, 3.05) is 17.2 Å². The van der Waals surface area contributed by atoms with Gasteiger partial charge < -0.3 is 15.4 Å². The molecule has 2 aromatic carbocycles. The summed E-state index contributed by atoms with van der Waals surface area (Å²) >= 11 is 7.07. The second-order valence-electron chi connectivity index (χ2n) is 6.74. The number of thiophene rings is 1. The van der Waals surface area contributed by atoms with E-state index in [1.165, 1.54) is 18.2 Å². The van der Waals surface area contributed by atoms with Crippen molar-refractivity contribution in [3.8, 4) is 11.8 Å². The molecular formula is C22H15ClF3N3O3S. The molecule has 0 spiro atoms. The summed E-state index contributed by atoms with van der Waals surface area (Å²) in [7, 11) is 0. The number of rotatable bonds is 6. The summed E-state index contributed by atoms with van der Waals surface area (Å²) in [6.45, 7) is 0.149. The van der Waals surface area contributed by atoms with Crippen LogP contribution in [0.4, 0.5) is 23.9 Å². The Morgan fingerprint density at radius 2 is 1.85 bits per heavy atom. The van der Waals surface area contributed by atoms with Gasteiger partial charge in [-0.3, -0.25) is 9.59 Å². The Morgan fingerprint density at radius 1 is 1.12 bits per heavy atom. The zero-order valence-electron chi connectivity index (χ0n) is 16.9. The maximum atomic E-state index is 12.7. The molecule has 1 heterocycles. The van der Waals surface area contributed by atoms with Crippen LogP contribution in [0.5, 0.6) is 5.75 Å². The van der Waals surface area contributed by atoms with Gasteiger partial charge in [-0.05, 0) is 48.9 Å². The summed E-state index contributed by atoms with van der Waals surface area (Å²) < 4.78 is 41.7. The van der Waals surface area contributed by atoms with Crippen molar-refractivity contribution in [2.24, 2.45) is 0 Å². The van der Waals surface area contributed by atoms with E-state index in [0.717, 1.165) is 11.3 Å². The van der Waals surface area contributed by atoms with Crippen LogP contribution in [0.25, 0.3) is 0 Å². The van der Waals surface area contributed by atoms with E-state index in [2.05, 4.69) is 15.4 Å². The predicted molar refractivity (Wildman–Crippen MR) is 119 cm³/mol. The first-order valence-corrected chi connectivity index (χ1v) is 10.5. The first-order valence-electron chi connectivity index (χ1n) is 9.29. The highest BCUT2D eigenvalue weighted by molar-refractivity contribution is 7.18. The van der Waals surface area contributed by atoms with Crippen molar-refractivity contribution in [1.82, 2.24) is 0 Å². The van der Waals surface area contributed by atoms with Gasteiger partial charge in [0, 0.05) is 5.69 Å². The maximum Gasteiger partial charge on any atom is 0.422 e. The summed E-state index contributed by atoms with van der Waals surface area (Å²) in [6.07, 6.45) is -4.55. The highest BCUT2D eigenvalue weighted by atomic mass is 35.5. The van der Waals surface area contributed by atoms with E-state index in [4.69, 9.17) is 11.6 Å². The molecule has 33 heavy (non-hydrogen) atoms. The zero-order valence-corrected chi connectivity index (χ0v) is 18.5. The molecule has 0 aliphatic rings. The number of hydrogen-bond acceptors (Lipinski definition) is 5. The molecule has 2 N–H and O–H groups in total. The molecule has 11 heteroatoms. The van der Waals surface area contributed by atoms with Crippen LogP contribution >= 0.6 is 22.9 Å². The highest BCUT2D eigenvalue weighted by Gasteiger charge is 2.29. The monoisotopic (exact) mass is 493 g/mol. The van der Waals surface area contributed by atoms with Gasteiger partial charge in [0.05, 0.1) is 26.0 Å². The largest absolute Gasteiger partial charge is 0.483 e. The van der Waals surface area contributed by atoms with Gasteiger partial charge in [0.15, 0.2) is 6.61 Å². The van der Waals surface area contributed by atoms with Gasteiger partial charge in [0.1, 0.15) is 11.8 Å². The van der Waals surface area contributed by atoms with E-state index in [-0.39, 0.29) is 27.6 Å². The van der Waals surface area contributed by atoms with Crippen LogP contribution in [-0.4, -0.2) is 24.6 Å². The second kappa shape index (κ2) is 9.94. The molecule has 0 saturated carbocycles. The first kappa shape index (κ1) is 24.1. The fourth-order valence-electron chi connectivity index (χ4n) is 2.76. The van der Waals surface area contributed by atoms with Crippen molar-refractivity contribution in [3.05, 3.63) is 75.1 Å². The summed E-state index contributed by atoms with van der Waals surface area (Å²) in [5.74, 6) is -1.18. The van der Waals surface area contributed by atoms with Gasteiger partial charge in [0.25, 0.3) is 11.8 Å². The lowest BCUT2D eigenvalue weighted by Crippen LogP contribution is -2.19. The number of nitrogens with one attached hydrogen (secondary N) is 2.